The summed E-state index contributed by atoms with van der Waals surface area (Å²) < 4.78 is 6.76. The number of nitrogens with one attached hydrogen (secondary N) is 1. The molecule has 0 saturated carbocycles. The molecule has 0 aliphatic rings. The summed E-state index contributed by atoms with van der Waals surface area (Å²) in [6.45, 7) is 0.461. The molecular weight excluding hydrogens is 230 g/mol. The number of rotatable bonds is 4. The first-order valence-corrected chi connectivity index (χ1v) is 5.39. The van der Waals surface area contributed by atoms with Gasteiger partial charge in [-0.2, -0.15) is 10.4 Å². The smallest absolute Gasteiger partial charge is 0.169 e. The highest BCUT2D eigenvalue weighted by Crippen LogP contribution is 2.22. The number of hydrogen-bond donors (Lipinski definition) is 1. The lowest BCUT2D eigenvalue weighted by atomic mass is 10.2. The Morgan fingerprint density at radius 1 is 1.50 bits per heavy atom. The first-order chi connectivity index (χ1) is 8.72. The quantitative estimate of drug-likeness (QED) is 0.876. The van der Waals surface area contributed by atoms with Gasteiger partial charge in [-0.1, -0.05) is 0 Å². The van der Waals surface area contributed by atoms with Crippen LogP contribution in [0.1, 0.15) is 11.4 Å². The second-order valence-corrected chi connectivity index (χ2v) is 3.71. The standard InChI is InChI=1S/C12H13N5O/c1-17-8-15-12(16-17)7-14-11-5-10(18-2)4-3-9(11)6-13/h3-5,8,14H,7H2,1-2H3. The van der Waals surface area contributed by atoms with Crippen molar-refractivity contribution in [3.8, 4) is 11.8 Å². The van der Waals surface area contributed by atoms with E-state index in [2.05, 4.69) is 21.5 Å². The number of ether oxygens (including phenoxy) is 1. The van der Waals surface area contributed by atoms with Gasteiger partial charge in [0.2, 0.25) is 0 Å². The zero-order valence-corrected chi connectivity index (χ0v) is 10.2. The second kappa shape index (κ2) is 5.19. The lowest BCUT2D eigenvalue weighted by Crippen LogP contribution is -2.04. The first-order valence-electron chi connectivity index (χ1n) is 5.39. The molecule has 0 fully saturated rings. The van der Waals surface area contributed by atoms with Crippen LogP contribution in [0.5, 0.6) is 5.75 Å². The van der Waals surface area contributed by atoms with Crippen LogP contribution in [0.2, 0.25) is 0 Å². The van der Waals surface area contributed by atoms with Crippen LogP contribution in [0.15, 0.2) is 24.5 Å². The fourth-order valence-corrected chi connectivity index (χ4v) is 1.53. The van der Waals surface area contributed by atoms with Crippen molar-refractivity contribution in [1.82, 2.24) is 14.8 Å². The van der Waals surface area contributed by atoms with E-state index in [9.17, 15) is 0 Å². The summed E-state index contributed by atoms with van der Waals surface area (Å²) in [5.74, 6) is 1.37. The monoisotopic (exact) mass is 243 g/mol. The van der Waals surface area contributed by atoms with E-state index in [1.54, 1.807) is 36.3 Å². The average Bonchev–Trinajstić information content (AvgIpc) is 2.81. The Balaban J connectivity index is 2.15. The van der Waals surface area contributed by atoms with E-state index in [4.69, 9.17) is 10.00 Å². The maximum absolute atomic E-state index is 9.02. The van der Waals surface area contributed by atoms with Crippen LogP contribution in [0, 0.1) is 11.3 Å². The summed E-state index contributed by atoms with van der Waals surface area (Å²) >= 11 is 0. The minimum atomic E-state index is 0.461. The predicted octanol–water partition coefficient (Wildman–Crippen LogP) is 1.31. The summed E-state index contributed by atoms with van der Waals surface area (Å²) in [5, 5.41) is 16.3. The molecule has 0 saturated heterocycles. The van der Waals surface area contributed by atoms with Gasteiger partial charge in [0.25, 0.3) is 0 Å². The SMILES string of the molecule is COc1ccc(C#N)c(NCc2ncn(C)n2)c1. The molecule has 0 amide bonds. The molecule has 2 rings (SSSR count). The second-order valence-electron chi connectivity index (χ2n) is 3.71. The molecule has 18 heavy (non-hydrogen) atoms. The van der Waals surface area contributed by atoms with Gasteiger partial charge >= 0.3 is 0 Å². The molecule has 1 N–H and O–H groups in total. The zero-order valence-electron chi connectivity index (χ0n) is 10.2. The number of methoxy groups -OCH3 is 1. The number of anilines is 1. The number of hydrogen-bond acceptors (Lipinski definition) is 5. The summed E-state index contributed by atoms with van der Waals surface area (Å²) in [7, 11) is 3.40. The topological polar surface area (TPSA) is 75.8 Å². The molecule has 0 atom stereocenters. The van der Waals surface area contributed by atoms with Crippen molar-refractivity contribution in [3.63, 3.8) is 0 Å². The molecule has 0 unspecified atom stereocenters. The normalized spacial score (nSPS) is 9.83. The van der Waals surface area contributed by atoms with Gasteiger partial charge < -0.3 is 10.1 Å². The van der Waals surface area contributed by atoms with E-state index in [0.717, 1.165) is 0 Å². The van der Waals surface area contributed by atoms with Crippen LogP contribution in [-0.2, 0) is 13.6 Å². The highest BCUT2D eigenvalue weighted by molar-refractivity contribution is 5.60. The van der Waals surface area contributed by atoms with Crippen molar-refractivity contribution in [2.24, 2.45) is 7.05 Å². The van der Waals surface area contributed by atoms with Crippen LogP contribution < -0.4 is 10.1 Å². The van der Waals surface area contributed by atoms with E-state index in [-0.39, 0.29) is 0 Å². The fourth-order valence-electron chi connectivity index (χ4n) is 1.53. The van der Waals surface area contributed by atoms with E-state index in [1.807, 2.05) is 7.05 Å². The number of aryl methyl sites for hydroxylation is 1. The van der Waals surface area contributed by atoms with Crippen LogP contribution in [0.25, 0.3) is 0 Å². The van der Waals surface area contributed by atoms with Gasteiger partial charge in [-0.15, -0.1) is 0 Å². The van der Waals surface area contributed by atoms with Gasteiger partial charge in [0.1, 0.15) is 18.1 Å². The largest absolute Gasteiger partial charge is 0.497 e. The predicted molar refractivity (Wildman–Crippen MR) is 66.0 cm³/mol. The van der Waals surface area contributed by atoms with Gasteiger partial charge in [-0.05, 0) is 12.1 Å². The van der Waals surface area contributed by atoms with Crippen LogP contribution >= 0.6 is 0 Å². The lowest BCUT2D eigenvalue weighted by molar-refractivity contribution is 0.415. The molecule has 0 radical (unpaired) electrons. The Morgan fingerprint density at radius 3 is 2.94 bits per heavy atom. The first kappa shape index (κ1) is 11.9. The molecule has 92 valence electrons. The third-order valence-corrected chi connectivity index (χ3v) is 2.43. The molecule has 6 nitrogen and oxygen atoms in total. The van der Waals surface area contributed by atoms with E-state index in [1.165, 1.54) is 0 Å². The fraction of sp³-hybridized carbons (Fsp3) is 0.250. The van der Waals surface area contributed by atoms with E-state index >= 15 is 0 Å². The van der Waals surface area contributed by atoms with E-state index < -0.39 is 0 Å². The maximum Gasteiger partial charge on any atom is 0.169 e. The van der Waals surface area contributed by atoms with Crippen molar-refractivity contribution >= 4 is 5.69 Å². The molecular formula is C12H13N5O. The van der Waals surface area contributed by atoms with Crippen LogP contribution in [0.4, 0.5) is 5.69 Å². The van der Waals surface area contributed by atoms with Crippen molar-refractivity contribution in [1.29, 1.82) is 5.26 Å². The van der Waals surface area contributed by atoms with Crippen LogP contribution in [0.3, 0.4) is 0 Å². The van der Waals surface area contributed by atoms with Crippen molar-refractivity contribution in [3.05, 3.63) is 35.9 Å². The molecule has 1 heterocycles. The Morgan fingerprint density at radius 2 is 2.33 bits per heavy atom. The Bertz CT molecular complexity index is 584. The number of benzene rings is 1. The molecule has 2 aromatic rings. The molecule has 0 bridgehead atoms. The van der Waals surface area contributed by atoms with E-state index in [0.29, 0.717) is 29.4 Å². The molecule has 6 heteroatoms. The number of nitrogens with zero attached hydrogens (tertiary/aromatic N) is 4. The van der Waals surface area contributed by atoms with Gasteiger partial charge in [-0.25, -0.2) is 4.98 Å². The maximum atomic E-state index is 9.02. The van der Waals surface area contributed by atoms with Crippen LogP contribution in [-0.4, -0.2) is 21.9 Å². The lowest BCUT2D eigenvalue weighted by Gasteiger charge is -2.08. The third-order valence-electron chi connectivity index (χ3n) is 2.43. The highest BCUT2D eigenvalue weighted by atomic mass is 16.5. The highest BCUT2D eigenvalue weighted by Gasteiger charge is 2.05. The molecule has 0 aliphatic heterocycles. The Labute approximate surface area is 105 Å². The summed E-state index contributed by atoms with van der Waals surface area (Å²) in [4.78, 5) is 4.10. The van der Waals surface area contributed by atoms with Gasteiger partial charge in [0, 0.05) is 13.1 Å². The van der Waals surface area contributed by atoms with Gasteiger partial charge in [0.15, 0.2) is 5.82 Å². The minimum absolute atomic E-state index is 0.461. The molecule has 1 aromatic heterocycles. The third kappa shape index (κ3) is 2.58. The van der Waals surface area contributed by atoms with Crippen molar-refractivity contribution in [2.75, 3.05) is 12.4 Å². The number of nitriles is 1. The zero-order chi connectivity index (χ0) is 13.0. The summed E-state index contributed by atoms with van der Waals surface area (Å²) in [6, 6.07) is 7.37. The molecule has 0 spiro atoms. The average molecular weight is 243 g/mol. The summed E-state index contributed by atoms with van der Waals surface area (Å²) in [5.41, 5.74) is 1.27. The van der Waals surface area contributed by atoms with Crippen molar-refractivity contribution in [2.45, 2.75) is 6.54 Å². The summed E-state index contributed by atoms with van der Waals surface area (Å²) in [6.07, 6.45) is 1.63. The number of aromatic nitrogens is 3. The Kier molecular flexibility index (Phi) is 3.44. The molecule has 0 aliphatic carbocycles. The Hall–Kier alpha value is -2.55. The van der Waals surface area contributed by atoms with Gasteiger partial charge in [0.05, 0.1) is 24.9 Å². The van der Waals surface area contributed by atoms with Gasteiger partial charge in [-0.3, -0.25) is 4.68 Å². The minimum Gasteiger partial charge on any atom is -0.497 e. The molecule has 1 aromatic carbocycles. The van der Waals surface area contributed by atoms with Crippen molar-refractivity contribution < 1.29 is 4.74 Å².